The Morgan fingerprint density at radius 2 is 1.89 bits per heavy atom. The van der Waals surface area contributed by atoms with Gasteiger partial charge in [-0.25, -0.2) is 17.9 Å². The monoisotopic (exact) mass is 281 g/mol. The molecule has 0 aliphatic carbocycles. The lowest BCUT2D eigenvalue weighted by Crippen LogP contribution is -2.45. The molecule has 2 amide bonds. The molecular formula is C9H19N3O5S. The van der Waals surface area contributed by atoms with Gasteiger partial charge in [0.05, 0.1) is 12.7 Å². The number of urea groups is 1. The van der Waals surface area contributed by atoms with Crippen LogP contribution < -0.4 is 15.4 Å². The molecule has 0 saturated heterocycles. The minimum absolute atomic E-state index is 0.0853. The summed E-state index contributed by atoms with van der Waals surface area (Å²) in [6.45, 7) is 1.98. The summed E-state index contributed by atoms with van der Waals surface area (Å²) in [5.41, 5.74) is 0. The van der Waals surface area contributed by atoms with Crippen molar-refractivity contribution in [1.29, 1.82) is 0 Å². The molecular weight excluding hydrogens is 262 g/mol. The van der Waals surface area contributed by atoms with Gasteiger partial charge in [0.15, 0.2) is 0 Å². The van der Waals surface area contributed by atoms with Crippen molar-refractivity contribution >= 4 is 22.0 Å². The maximum atomic E-state index is 11.3. The van der Waals surface area contributed by atoms with Crippen LogP contribution in [0, 0.1) is 0 Å². The fourth-order valence-electron chi connectivity index (χ4n) is 1.16. The molecule has 8 nitrogen and oxygen atoms in total. The maximum absolute atomic E-state index is 11.3. The number of sulfonamides is 1. The summed E-state index contributed by atoms with van der Waals surface area (Å²) in [6, 6.07) is -0.955. The van der Waals surface area contributed by atoms with E-state index < -0.39 is 28.1 Å². The quantitative estimate of drug-likeness (QED) is 0.429. The van der Waals surface area contributed by atoms with Gasteiger partial charge in [-0.15, -0.1) is 0 Å². The van der Waals surface area contributed by atoms with Crippen molar-refractivity contribution in [1.82, 2.24) is 15.4 Å². The van der Waals surface area contributed by atoms with Crippen molar-refractivity contribution in [2.24, 2.45) is 0 Å². The summed E-state index contributed by atoms with van der Waals surface area (Å²) >= 11 is 0. The highest BCUT2D eigenvalue weighted by molar-refractivity contribution is 7.88. The van der Waals surface area contributed by atoms with Gasteiger partial charge in [-0.05, 0) is 6.42 Å². The van der Waals surface area contributed by atoms with Gasteiger partial charge in [-0.3, -0.25) is 4.79 Å². The third-order valence-corrected chi connectivity index (χ3v) is 2.75. The second-order valence-electron chi connectivity index (χ2n) is 3.77. The fraction of sp³-hybridized carbons (Fsp3) is 0.778. The zero-order valence-corrected chi connectivity index (χ0v) is 11.2. The van der Waals surface area contributed by atoms with Gasteiger partial charge in [-0.1, -0.05) is 6.92 Å². The van der Waals surface area contributed by atoms with E-state index in [0.717, 1.165) is 6.26 Å². The summed E-state index contributed by atoms with van der Waals surface area (Å²) in [7, 11) is -3.27. The molecule has 1 unspecified atom stereocenters. The normalized spacial score (nSPS) is 12.8. The van der Waals surface area contributed by atoms with Crippen LogP contribution in [0.2, 0.25) is 0 Å². The summed E-state index contributed by atoms with van der Waals surface area (Å²) in [4.78, 5) is 21.8. The molecule has 0 fully saturated rings. The largest absolute Gasteiger partial charge is 0.481 e. The van der Waals surface area contributed by atoms with Crippen molar-refractivity contribution in [3.63, 3.8) is 0 Å². The minimum Gasteiger partial charge on any atom is -0.481 e. The number of carboxylic acid groups (broad SMARTS) is 1. The lowest BCUT2D eigenvalue weighted by atomic mass is 10.1. The van der Waals surface area contributed by atoms with E-state index in [0.29, 0.717) is 6.42 Å². The molecule has 0 rings (SSSR count). The van der Waals surface area contributed by atoms with Gasteiger partial charge in [0.25, 0.3) is 0 Å². The first-order valence-corrected chi connectivity index (χ1v) is 7.34. The van der Waals surface area contributed by atoms with E-state index in [1.165, 1.54) is 0 Å². The molecule has 0 radical (unpaired) electrons. The Kier molecular flexibility index (Phi) is 7.29. The molecule has 106 valence electrons. The highest BCUT2D eigenvalue weighted by Gasteiger charge is 2.13. The molecule has 4 N–H and O–H groups in total. The van der Waals surface area contributed by atoms with Crippen LogP contribution >= 0.6 is 0 Å². The van der Waals surface area contributed by atoms with E-state index in [2.05, 4.69) is 15.4 Å². The first-order chi connectivity index (χ1) is 8.24. The van der Waals surface area contributed by atoms with Gasteiger partial charge in [-0.2, -0.15) is 0 Å². The highest BCUT2D eigenvalue weighted by atomic mass is 32.2. The number of hydrogen-bond donors (Lipinski definition) is 4. The van der Waals surface area contributed by atoms with Crippen LogP contribution in [0.4, 0.5) is 4.79 Å². The smallest absolute Gasteiger partial charge is 0.315 e. The van der Waals surface area contributed by atoms with Crippen molar-refractivity contribution in [3.8, 4) is 0 Å². The van der Waals surface area contributed by atoms with Crippen LogP contribution in [-0.4, -0.2) is 50.9 Å². The fourth-order valence-corrected chi connectivity index (χ4v) is 1.63. The first kappa shape index (κ1) is 16.6. The number of nitrogens with one attached hydrogen (secondary N) is 3. The summed E-state index contributed by atoms with van der Waals surface area (Å²) in [5, 5.41) is 13.5. The van der Waals surface area contributed by atoms with Crippen molar-refractivity contribution in [2.75, 3.05) is 19.3 Å². The van der Waals surface area contributed by atoms with E-state index in [-0.39, 0.29) is 19.5 Å². The van der Waals surface area contributed by atoms with Crippen LogP contribution in [0.25, 0.3) is 0 Å². The molecule has 0 heterocycles. The van der Waals surface area contributed by atoms with Gasteiger partial charge < -0.3 is 15.7 Å². The molecule has 0 aromatic heterocycles. The number of amides is 2. The number of rotatable bonds is 8. The summed E-state index contributed by atoms with van der Waals surface area (Å²) in [6.07, 6.45) is 1.37. The number of carbonyl (C=O) groups is 2. The topological polar surface area (TPSA) is 125 Å². The third kappa shape index (κ3) is 9.85. The van der Waals surface area contributed by atoms with Gasteiger partial charge in [0.1, 0.15) is 0 Å². The molecule has 0 aliphatic heterocycles. The highest BCUT2D eigenvalue weighted by Crippen LogP contribution is 1.96. The van der Waals surface area contributed by atoms with Crippen molar-refractivity contribution in [3.05, 3.63) is 0 Å². The predicted octanol–water partition coefficient (Wildman–Crippen LogP) is -0.912. The van der Waals surface area contributed by atoms with Crippen LogP contribution in [0.1, 0.15) is 19.8 Å². The summed E-state index contributed by atoms with van der Waals surface area (Å²) in [5.74, 6) is -0.985. The lowest BCUT2D eigenvalue weighted by Gasteiger charge is -2.15. The minimum atomic E-state index is -3.27. The van der Waals surface area contributed by atoms with Crippen molar-refractivity contribution in [2.45, 2.75) is 25.8 Å². The number of aliphatic carboxylic acids is 1. The van der Waals surface area contributed by atoms with Crippen LogP contribution in [-0.2, 0) is 14.8 Å². The molecule has 1 atom stereocenters. The molecule has 9 heteroatoms. The van der Waals surface area contributed by atoms with Crippen LogP contribution in [0.5, 0.6) is 0 Å². The lowest BCUT2D eigenvalue weighted by molar-refractivity contribution is -0.137. The average molecular weight is 281 g/mol. The van der Waals surface area contributed by atoms with Gasteiger partial charge >= 0.3 is 12.0 Å². The Morgan fingerprint density at radius 3 is 2.33 bits per heavy atom. The first-order valence-electron chi connectivity index (χ1n) is 5.45. The zero-order valence-electron chi connectivity index (χ0n) is 10.4. The Bertz CT molecular complexity index is 382. The molecule has 0 aromatic rings. The Hall–Kier alpha value is -1.35. The standard InChI is InChI=1S/C9H19N3O5S/c1-3-7(6-8(13)14)12-9(15)10-4-5-11-18(2,16)17/h7,11H,3-6H2,1-2H3,(H,13,14)(H2,10,12,15). The van der Waals surface area contributed by atoms with Crippen LogP contribution in [0.15, 0.2) is 0 Å². The third-order valence-electron chi connectivity index (χ3n) is 2.02. The predicted molar refractivity (Wildman–Crippen MR) is 65.7 cm³/mol. The van der Waals surface area contributed by atoms with E-state index in [1.807, 2.05) is 0 Å². The van der Waals surface area contributed by atoms with E-state index >= 15 is 0 Å². The number of carbonyl (C=O) groups excluding carboxylic acids is 1. The number of carboxylic acids is 1. The summed E-state index contributed by atoms with van der Waals surface area (Å²) < 4.78 is 23.6. The van der Waals surface area contributed by atoms with Crippen LogP contribution in [0.3, 0.4) is 0 Å². The Morgan fingerprint density at radius 1 is 1.28 bits per heavy atom. The second kappa shape index (κ2) is 7.88. The maximum Gasteiger partial charge on any atom is 0.315 e. The molecule has 0 spiro atoms. The van der Waals surface area contributed by atoms with Gasteiger partial charge in [0, 0.05) is 19.1 Å². The Balaban J connectivity index is 3.85. The van der Waals surface area contributed by atoms with E-state index in [1.54, 1.807) is 6.92 Å². The Labute approximate surface area is 106 Å². The zero-order chi connectivity index (χ0) is 14.2. The number of hydrogen-bond acceptors (Lipinski definition) is 4. The van der Waals surface area contributed by atoms with Crippen molar-refractivity contribution < 1.29 is 23.1 Å². The molecule has 0 aliphatic rings. The molecule has 18 heavy (non-hydrogen) atoms. The molecule has 0 aromatic carbocycles. The van der Waals surface area contributed by atoms with E-state index in [4.69, 9.17) is 5.11 Å². The molecule has 0 saturated carbocycles. The average Bonchev–Trinajstić information content (AvgIpc) is 2.21. The van der Waals surface area contributed by atoms with Gasteiger partial charge in [0.2, 0.25) is 10.0 Å². The second-order valence-corrected chi connectivity index (χ2v) is 5.60. The van der Waals surface area contributed by atoms with E-state index in [9.17, 15) is 18.0 Å². The SMILES string of the molecule is CCC(CC(=O)O)NC(=O)NCCNS(C)(=O)=O. The molecule has 0 bridgehead atoms.